The van der Waals surface area contributed by atoms with E-state index in [0.29, 0.717) is 18.6 Å². The van der Waals surface area contributed by atoms with Gasteiger partial charge in [0.1, 0.15) is 11.6 Å². The Morgan fingerprint density at radius 2 is 1.80 bits per heavy atom. The molecule has 0 saturated heterocycles. The van der Waals surface area contributed by atoms with Crippen molar-refractivity contribution in [3.63, 3.8) is 0 Å². The molecule has 20 heavy (non-hydrogen) atoms. The molecule has 2 aromatic rings. The van der Waals surface area contributed by atoms with E-state index >= 15 is 0 Å². The number of halogens is 1. The molecule has 3 heteroatoms. The van der Waals surface area contributed by atoms with Crippen molar-refractivity contribution in [3.05, 3.63) is 65.5 Å². The summed E-state index contributed by atoms with van der Waals surface area (Å²) < 4.78 is 19.2. The van der Waals surface area contributed by atoms with E-state index in [1.54, 1.807) is 19.1 Å². The summed E-state index contributed by atoms with van der Waals surface area (Å²) in [6, 6.07) is 14.4. The summed E-state index contributed by atoms with van der Waals surface area (Å²) in [5.74, 6) is -0.0644. The molecule has 0 bridgehead atoms. The number of rotatable bonds is 5. The molecule has 1 unspecified atom stereocenters. The molecule has 1 atom stereocenters. The molecule has 0 heterocycles. The smallest absolute Gasteiger partial charge is 0.133 e. The van der Waals surface area contributed by atoms with E-state index in [4.69, 9.17) is 4.74 Å². The fourth-order valence-electron chi connectivity index (χ4n) is 2.35. The Bertz CT molecular complexity index is 564. The summed E-state index contributed by atoms with van der Waals surface area (Å²) in [6.45, 7) is 1.62. The Morgan fingerprint density at radius 3 is 2.45 bits per heavy atom. The average molecular weight is 274 g/mol. The monoisotopic (exact) mass is 274 g/mol. The number of aryl methyl sites for hydroxylation is 1. The first kappa shape index (κ1) is 14.5. The van der Waals surface area contributed by atoms with Gasteiger partial charge in [-0.15, -0.1) is 0 Å². The maximum atomic E-state index is 14.0. The van der Waals surface area contributed by atoms with Gasteiger partial charge >= 0.3 is 0 Å². The van der Waals surface area contributed by atoms with Gasteiger partial charge in [-0.1, -0.05) is 36.4 Å². The highest BCUT2D eigenvalue weighted by Gasteiger charge is 2.29. The Labute approximate surface area is 118 Å². The van der Waals surface area contributed by atoms with Crippen molar-refractivity contribution in [3.8, 4) is 5.75 Å². The van der Waals surface area contributed by atoms with Crippen molar-refractivity contribution in [2.24, 2.45) is 0 Å². The SMILES string of the molecule is COc1cccc(F)c1C(C)(O)CCc1ccccc1. The Balaban J connectivity index is 2.22. The van der Waals surface area contributed by atoms with Crippen LogP contribution >= 0.6 is 0 Å². The minimum Gasteiger partial charge on any atom is -0.496 e. The first-order chi connectivity index (χ1) is 9.54. The van der Waals surface area contributed by atoms with E-state index in [1.165, 1.54) is 13.2 Å². The number of hydrogen-bond acceptors (Lipinski definition) is 2. The normalized spacial score (nSPS) is 13.8. The van der Waals surface area contributed by atoms with Crippen LogP contribution in [0.1, 0.15) is 24.5 Å². The summed E-state index contributed by atoms with van der Waals surface area (Å²) in [7, 11) is 1.48. The molecule has 2 rings (SSSR count). The molecule has 0 aliphatic carbocycles. The first-order valence-electron chi connectivity index (χ1n) is 6.64. The molecule has 0 radical (unpaired) electrons. The van der Waals surface area contributed by atoms with Crippen molar-refractivity contribution in [2.45, 2.75) is 25.4 Å². The minimum atomic E-state index is -1.27. The molecule has 0 aromatic heterocycles. The van der Waals surface area contributed by atoms with Gasteiger partial charge in [0.2, 0.25) is 0 Å². The third-order valence-electron chi connectivity index (χ3n) is 3.48. The van der Waals surface area contributed by atoms with Crippen molar-refractivity contribution >= 4 is 0 Å². The third kappa shape index (κ3) is 3.17. The standard InChI is InChI=1S/C17H19FO2/c1-17(19,12-11-13-7-4-3-5-8-13)16-14(18)9-6-10-15(16)20-2/h3-10,19H,11-12H2,1-2H3. The van der Waals surface area contributed by atoms with Crippen LogP contribution < -0.4 is 4.74 Å². The van der Waals surface area contributed by atoms with Crippen LogP contribution in [0.3, 0.4) is 0 Å². The summed E-state index contributed by atoms with van der Waals surface area (Å²) in [5, 5.41) is 10.6. The first-order valence-corrected chi connectivity index (χ1v) is 6.64. The predicted octanol–water partition coefficient (Wildman–Crippen LogP) is 3.67. The van der Waals surface area contributed by atoms with E-state index < -0.39 is 11.4 Å². The lowest BCUT2D eigenvalue weighted by atomic mass is 9.88. The maximum Gasteiger partial charge on any atom is 0.133 e. The summed E-state index contributed by atoms with van der Waals surface area (Å²) in [5.41, 5.74) is 0.0634. The van der Waals surface area contributed by atoms with Crippen LogP contribution in [0.2, 0.25) is 0 Å². The van der Waals surface area contributed by atoms with Gasteiger partial charge in [0.05, 0.1) is 18.3 Å². The van der Waals surface area contributed by atoms with E-state index in [1.807, 2.05) is 30.3 Å². The van der Waals surface area contributed by atoms with Crippen molar-refractivity contribution in [1.29, 1.82) is 0 Å². The number of hydrogen-bond donors (Lipinski definition) is 1. The van der Waals surface area contributed by atoms with Crippen LogP contribution in [0.25, 0.3) is 0 Å². The van der Waals surface area contributed by atoms with Crippen LogP contribution in [0.15, 0.2) is 48.5 Å². The van der Waals surface area contributed by atoms with Gasteiger partial charge in [-0.05, 0) is 37.5 Å². The van der Waals surface area contributed by atoms with Gasteiger partial charge in [0.25, 0.3) is 0 Å². The van der Waals surface area contributed by atoms with Crippen LogP contribution in [0, 0.1) is 5.82 Å². The molecule has 0 fully saturated rings. The zero-order chi connectivity index (χ0) is 14.6. The average Bonchev–Trinajstić information content (AvgIpc) is 2.45. The Kier molecular flexibility index (Phi) is 4.40. The van der Waals surface area contributed by atoms with Crippen LogP contribution in [-0.4, -0.2) is 12.2 Å². The van der Waals surface area contributed by atoms with Crippen LogP contribution in [-0.2, 0) is 12.0 Å². The van der Waals surface area contributed by atoms with Crippen LogP contribution in [0.4, 0.5) is 4.39 Å². The highest BCUT2D eigenvalue weighted by atomic mass is 19.1. The lowest BCUT2D eigenvalue weighted by Gasteiger charge is -2.26. The summed E-state index contributed by atoms with van der Waals surface area (Å²) in [4.78, 5) is 0. The number of benzene rings is 2. The lowest BCUT2D eigenvalue weighted by molar-refractivity contribution is 0.0417. The third-order valence-corrected chi connectivity index (χ3v) is 3.48. The quantitative estimate of drug-likeness (QED) is 0.901. The molecule has 2 aromatic carbocycles. The van der Waals surface area contributed by atoms with E-state index in [9.17, 15) is 9.50 Å². The Morgan fingerprint density at radius 1 is 1.10 bits per heavy atom. The second-order valence-corrected chi connectivity index (χ2v) is 5.08. The molecule has 106 valence electrons. The van der Waals surface area contributed by atoms with Crippen molar-refractivity contribution < 1.29 is 14.2 Å². The predicted molar refractivity (Wildman–Crippen MR) is 77.3 cm³/mol. The molecule has 0 spiro atoms. The fraction of sp³-hybridized carbons (Fsp3) is 0.294. The summed E-state index contributed by atoms with van der Waals surface area (Å²) >= 11 is 0. The van der Waals surface area contributed by atoms with E-state index in [2.05, 4.69) is 0 Å². The van der Waals surface area contributed by atoms with Gasteiger partial charge in [0, 0.05) is 0 Å². The number of methoxy groups -OCH3 is 1. The fourth-order valence-corrected chi connectivity index (χ4v) is 2.35. The van der Waals surface area contributed by atoms with Gasteiger partial charge in [-0.25, -0.2) is 4.39 Å². The van der Waals surface area contributed by atoms with Gasteiger partial charge in [-0.2, -0.15) is 0 Å². The van der Waals surface area contributed by atoms with Crippen LogP contribution in [0.5, 0.6) is 5.75 Å². The highest BCUT2D eigenvalue weighted by molar-refractivity contribution is 5.39. The van der Waals surface area contributed by atoms with Crippen molar-refractivity contribution in [2.75, 3.05) is 7.11 Å². The molecule has 2 nitrogen and oxygen atoms in total. The van der Waals surface area contributed by atoms with Crippen molar-refractivity contribution in [1.82, 2.24) is 0 Å². The Hall–Kier alpha value is -1.87. The number of aliphatic hydroxyl groups is 1. The molecule has 0 saturated carbocycles. The zero-order valence-electron chi connectivity index (χ0n) is 11.8. The molecule has 1 N–H and O–H groups in total. The highest BCUT2D eigenvalue weighted by Crippen LogP contribution is 2.35. The molecule has 0 aliphatic heterocycles. The lowest BCUT2D eigenvalue weighted by Crippen LogP contribution is -2.24. The summed E-state index contributed by atoms with van der Waals surface area (Å²) in [6.07, 6.45) is 1.10. The van der Waals surface area contributed by atoms with E-state index in [-0.39, 0.29) is 5.56 Å². The largest absolute Gasteiger partial charge is 0.496 e. The van der Waals surface area contributed by atoms with Gasteiger partial charge in [0.15, 0.2) is 0 Å². The molecule has 0 amide bonds. The zero-order valence-corrected chi connectivity index (χ0v) is 11.8. The maximum absolute atomic E-state index is 14.0. The van der Waals surface area contributed by atoms with Gasteiger partial charge < -0.3 is 9.84 Å². The molecular weight excluding hydrogens is 255 g/mol. The van der Waals surface area contributed by atoms with Gasteiger partial charge in [-0.3, -0.25) is 0 Å². The van der Waals surface area contributed by atoms with E-state index in [0.717, 1.165) is 5.56 Å². The molecule has 0 aliphatic rings. The number of ether oxygens (including phenoxy) is 1. The minimum absolute atomic E-state index is 0.221. The second-order valence-electron chi connectivity index (χ2n) is 5.08. The topological polar surface area (TPSA) is 29.5 Å². The second kappa shape index (κ2) is 6.06. The molecular formula is C17H19FO2.